The molecule has 35 heavy (non-hydrogen) atoms. The number of hydrogen-bond acceptors (Lipinski definition) is 7. The van der Waals surface area contributed by atoms with E-state index >= 15 is 0 Å². The van der Waals surface area contributed by atoms with Crippen molar-refractivity contribution in [3.63, 3.8) is 0 Å². The van der Waals surface area contributed by atoms with Crippen LogP contribution >= 0.6 is 0 Å². The van der Waals surface area contributed by atoms with Gasteiger partial charge in [-0.3, -0.25) is 4.79 Å². The Labute approximate surface area is 201 Å². The first-order valence-electron chi connectivity index (χ1n) is 11.3. The van der Waals surface area contributed by atoms with E-state index in [9.17, 15) is 9.18 Å². The summed E-state index contributed by atoms with van der Waals surface area (Å²) >= 11 is 0. The van der Waals surface area contributed by atoms with Gasteiger partial charge in [-0.05, 0) is 24.3 Å². The average molecular weight is 474 g/mol. The van der Waals surface area contributed by atoms with Crippen molar-refractivity contribution in [3.8, 4) is 28.7 Å². The Hall–Kier alpha value is -4.34. The third-order valence-corrected chi connectivity index (χ3v) is 5.88. The Balaban J connectivity index is 1.32. The zero-order valence-electron chi connectivity index (χ0n) is 19.2. The number of methoxy groups -OCH3 is 1. The fraction of sp³-hybridized carbons (Fsp3) is 0.240. The number of benzene rings is 2. The number of nitrogens with zero attached hydrogens (tertiary/aromatic N) is 7. The van der Waals surface area contributed by atoms with Gasteiger partial charge in [0.05, 0.1) is 7.11 Å². The number of ether oxygens (including phenoxy) is 1. The van der Waals surface area contributed by atoms with Crippen molar-refractivity contribution >= 4 is 11.7 Å². The summed E-state index contributed by atoms with van der Waals surface area (Å²) in [5.41, 5.74) is 1.53. The molecule has 0 unspecified atom stereocenters. The van der Waals surface area contributed by atoms with E-state index in [1.165, 1.54) is 18.5 Å². The van der Waals surface area contributed by atoms with Crippen LogP contribution in [-0.2, 0) is 11.3 Å². The molecule has 1 amide bonds. The van der Waals surface area contributed by atoms with Crippen LogP contribution in [0.25, 0.3) is 22.8 Å². The summed E-state index contributed by atoms with van der Waals surface area (Å²) in [5, 5.41) is 4.60. The molecule has 0 spiro atoms. The van der Waals surface area contributed by atoms with Crippen LogP contribution in [0.2, 0.25) is 0 Å². The number of piperazine rings is 1. The molecule has 0 aliphatic carbocycles. The second-order valence-corrected chi connectivity index (χ2v) is 8.08. The zero-order valence-corrected chi connectivity index (χ0v) is 19.2. The molecule has 0 N–H and O–H groups in total. The third kappa shape index (κ3) is 4.96. The van der Waals surface area contributed by atoms with E-state index in [0.29, 0.717) is 49.3 Å². The number of halogens is 1. The molecule has 1 aliphatic rings. The predicted molar refractivity (Wildman–Crippen MR) is 128 cm³/mol. The summed E-state index contributed by atoms with van der Waals surface area (Å²) < 4.78 is 20.2. The van der Waals surface area contributed by atoms with Gasteiger partial charge in [0.1, 0.15) is 24.5 Å². The fourth-order valence-corrected chi connectivity index (χ4v) is 4.00. The van der Waals surface area contributed by atoms with Crippen LogP contribution in [0.4, 0.5) is 10.2 Å². The summed E-state index contributed by atoms with van der Waals surface area (Å²) in [5.74, 6) is 1.94. The molecule has 0 radical (unpaired) electrons. The Morgan fingerprint density at radius 2 is 1.71 bits per heavy atom. The molecule has 0 atom stereocenters. The molecule has 9 nitrogen and oxygen atoms in total. The second-order valence-electron chi connectivity index (χ2n) is 8.08. The first kappa shape index (κ1) is 22.5. The Kier molecular flexibility index (Phi) is 6.34. The highest BCUT2D eigenvalue weighted by Gasteiger charge is 2.24. The minimum absolute atomic E-state index is 0.0438. The minimum atomic E-state index is -0.328. The van der Waals surface area contributed by atoms with Crippen molar-refractivity contribution in [3.05, 3.63) is 72.8 Å². The molecule has 10 heteroatoms. The van der Waals surface area contributed by atoms with Gasteiger partial charge in [-0.25, -0.2) is 24.0 Å². The highest BCUT2D eigenvalue weighted by molar-refractivity contribution is 5.77. The van der Waals surface area contributed by atoms with Gasteiger partial charge in [0.15, 0.2) is 11.6 Å². The topological polar surface area (TPSA) is 89.3 Å². The van der Waals surface area contributed by atoms with Crippen LogP contribution < -0.4 is 9.64 Å². The smallest absolute Gasteiger partial charge is 0.244 e. The van der Waals surface area contributed by atoms with Crippen molar-refractivity contribution in [2.75, 3.05) is 38.2 Å². The van der Waals surface area contributed by atoms with Gasteiger partial charge in [0, 0.05) is 43.4 Å². The van der Waals surface area contributed by atoms with Crippen molar-refractivity contribution in [2.45, 2.75) is 6.54 Å². The zero-order chi connectivity index (χ0) is 24.2. The molecule has 1 aliphatic heterocycles. The summed E-state index contributed by atoms with van der Waals surface area (Å²) in [6.07, 6.45) is 1.47. The maximum atomic E-state index is 13.4. The van der Waals surface area contributed by atoms with E-state index in [1.807, 2.05) is 35.2 Å². The van der Waals surface area contributed by atoms with E-state index in [0.717, 1.165) is 11.4 Å². The van der Waals surface area contributed by atoms with E-state index in [2.05, 4.69) is 25.0 Å². The highest BCUT2D eigenvalue weighted by atomic mass is 19.1. The summed E-state index contributed by atoms with van der Waals surface area (Å²) in [6.45, 7) is 2.47. The van der Waals surface area contributed by atoms with Crippen LogP contribution in [0.1, 0.15) is 0 Å². The summed E-state index contributed by atoms with van der Waals surface area (Å²) in [4.78, 5) is 30.2. The van der Waals surface area contributed by atoms with Gasteiger partial charge < -0.3 is 14.5 Å². The molecular formula is C25H24FN7O2. The number of aromatic nitrogens is 5. The van der Waals surface area contributed by atoms with E-state index < -0.39 is 0 Å². The molecule has 1 fully saturated rings. The lowest BCUT2D eigenvalue weighted by atomic mass is 10.2. The fourth-order valence-electron chi connectivity index (χ4n) is 4.00. The van der Waals surface area contributed by atoms with Crippen molar-refractivity contribution < 1.29 is 13.9 Å². The van der Waals surface area contributed by atoms with E-state index in [-0.39, 0.29) is 18.3 Å². The SMILES string of the molecule is COc1cc(N2CCN(C(=O)Cn3nc(-c4ccc(F)cc4)nc3-c3ccccc3)CC2)ncn1. The Morgan fingerprint density at radius 3 is 2.43 bits per heavy atom. The molecule has 3 heterocycles. The monoisotopic (exact) mass is 473 g/mol. The number of amides is 1. The van der Waals surface area contributed by atoms with Crippen LogP contribution in [0.3, 0.4) is 0 Å². The van der Waals surface area contributed by atoms with E-state index in [4.69, 9.17) is 4.74 Å². The van der Waals surface area contributed by atoms with Gasteiger partial charge in [0.25, 0.3) is 0 Å². The Bertz CT molecular complexity index is 1300. The lowest BCUT2D eigenvalue weighted by Crippen LogP contribution is -2.50. The first-order chi connectivity index (χ1) is 17.1. The van der Waals surface area contributed by atoms with Crippen molar-refractivity contribution in [2.24, 2.45) is 0 Å². The van der Waals surface area contributed by atoms with Gasteiger partial charge in [-0.2, -0.15) is 0 Å². The lowest BCUT2D eigenvalue weighted by molar-refractivity contribution is -0.132. The van der Waals surface area contributed by atoms with Crippen LogP contribution in [0.15, 0.2) is 67.0 Å². The summed E-state index contributed by atoms with van der Waals surface area (Å²) in [6, 6.07) is 17.4. The molecule has 178 valence electrons. The largest absolute Gasteiger partial charge is 0.481 e. The minimum Gasteiger partial charge on any atom is -0.481 e. The summed E-state index contributed by atoms with van der Waals surface area (Å²) in [7, 11) is 1.57. The maximum Gasteiger partial charge on any atom is 0.244 e. The van der Waals surface area contributed by atoms with Crippen LogP contribution in [-0.4, -0.2) is 68.8 Å². The van der Waals surface area contributed by atoms with E-state index in [1.54, 1.807) is 30.0 Å². The number of carbonyl (C=O) groups is 1. The number of rotatable bonds is 6. The van der Waals surface area contributed by atoms with Gasteiger partial charge in [0.2, 0.25) is 11.8 Å². The first-order valence-corrected chi connectivity index (χ1v) is 11.3. The molecule has 0 bridgehead atoms. The molecule has 2 aromatic carbocycles. The number of hydrogen-bond donors (Lipinski definition) is 0. The van der Waals surface area contributed by atoms with Gasteiger partial charge in [-0.15, -0.1) is 5.10 Å². The lowest BCUT2D eigenvalue weighted by Gasteiger charge is -2.35. The number of carbonyl (C=O) groups excluding carboxylic acids is 1. The average Bonchev–Trinajstić information content (AvgIpc) is 3.33. The Morgan fingerprint density at radius 1 is 0.971 bits per heavy atom. The van der Waals surface area contributed by atoms with Crippen LogP contribution in [0, 0.1) is 5.82 Å². The molecule has 2 aromatic heterocycles. The van der Waals surface area contributed by atoms with Crippen molar-refractivity contribution in [1.82, 2.24) is 29.6 Å². The normalized spacial score (nSPS) is 13.7. The predicted octanol–water partition coefficient (Wildman–Crippen LogP) is 2.90. The van der Waals surface area contributed by atoms with Crippen molar-refractivity contribution in [1.29, 1.82) is 0 Å². The molecule has 4 aromatic rings. The van der Waals surface area contributed by atoms with Gasteiger partial charge >= 0.3 is 0 Å². The second kappa shape index (κ2) is 9.88. The third-order valence-electron chi connectivity index (χ3n) is 5.88. The van der Waals surface area contributed by atoms with Crippen LogP contribution in [0.5, 0.6) is 5.88 Å². The molecule has 5 rings (SSSR count). The maximum absolute atomic E-state index is 13.4. The molecular weight excluding hydrogens is 449 g/mol. The molecule has 1 saturated heterocycles. The standard InChI is InChI=1S/C25H24FN7O2/c1-35-22-15-21(27-17-28-22)31-11-13-32(14-12-31)23(34)16-33-25(19-5-3-2-4-6-19)29-24(30-33)18-7-9-20(26)10-8-18/h2-10,15,17H,11-14,16H2,1H3. The highest BCUT2D eigenvalue weighted by Crippen LogP contribution is 2.23. The number of anilines is 1. The van der Waals surface area contributed by atoms with Gasteiger partial charge in [-0.1, -0.05) is 30.3 Å². The quantitative estimate of drug-likeness (QED) is 0.425. The molecule has 0 saturated carbocycles.